The quantitative estimate of drug-likeness (QED) is 0.500. The number of fused-ring (bicyclic) bond motifs is 5. The van der Waals surface area contributed by atoms with E-state index in [2.05, 4.69) is 38.1 Å². The molecular formula is C30H38O4. The van der Waals surface area contributed by atoms with Gasteiger partial charge in [-0.2, -0.15) is 0 Å². The van der Waals surface area contributed by atoms with Crippen LogP contribution < -0.4 is 9.47 Å². The van der Waals surface area contributed by atoms with Crippen LogP contribution in [0.1, 0.15) is 84.1 Å². The number of benzene rings is 1. The Bertz CT molecular complexity index is 1080. The molecule has 4 aliphatic carbocycles. The third-order valence-corrected chi connectivity index (χ3v) is 9.10. The molecule has 0 radical (unpaired) electrons. The second-order valence-electron chi connectivity index (χ2n) is 10.6. The van der Waals surface area contributed by atoms with Crippen LogP contribution in [0.3, 0.4) is 0 Å². The van der Waals surface area contributed by atoms with E-state index >= 15 is 0 Å². The van der Waals surface area contributed by atoms with E-state index in [1.807, 2.05) is 26.0 Å². The van der Waals surface area contributed by atoms with E-state index in [0.29, 0.717) is 18.8 Å². The molecule has 3 unspecified atom stereocenters. The van der Waals surface area contributed by atoms with Crippen molar-refractivity contribution in [2.45, 2.75) is 84.2 Å². The Hall–Kier alpha value is -2.33. The predicted octanol–water partition coefficient (Wildman–Crippen LogP) is 6.65. The maximum absolute atomic E-state index is 12.4. The first kappa shape index (κ1) is 23.4. The van der Waals surface area contributed by atoms with Crippen molar-refractivity contribution in [3.05, 3.63) is 58.7 Å². The number of aliphatic hydroxyl groups is 1. The molecular weight excluding hydrogens is 424 g/mol. The van der Waals surface area contributed by atoms with Crippen LogP contribution in [0, 0.1) is 17.3 Å². The van der Waals surface area contributed by atoms with Gasteiger partial charge in [-0.3, -0.25) is 4.79 Å². The summed E-state index contributed by atoms with van der Waals surface area (Å²) in [6.07, 6.45) is 12.5. The summed E-state index contributed by atoms with van der Waals surface area (Å²) in [5, 5.41) is 12.4. The predicted molar refractivity (Wildman–Crippen MR) is 134 cm³/mol. The van der Waals surface area contributed by atoms with E-state index in [1.54, 1.807) is 0 Å². The fraction of sp³-hybridized carbons (Fsp3) is 0.567. The minimum Gasteiger partial charge on any atom is -0.454 e. The lowest BCUT2D eigenvalue weighted by molar-refractivity contribution is -0.115. The lowest BCUT2D eigenvalue weighted by Crippen LogP contribution is -2.53. The molecule has 1 heterocycles. The zero-order valence-corrected chi connectivity index (χ0v) is 21.0. The van der Waals surface area contributed by atoms with Crippen LogP contribution in [0.5, 0.6) is 11.5 Å². The fourth-order valence-corrected chi connectivity index (χ4v) is 7.59. The molecule has 0 bridgehead atoms. The van der Waals surface area contributed by atoms with E-state index in [1.165, 1.54) is 22.3 Å². The minimum atomic E-state index is -0.735. The number of hydrogen-bond donors (Lipinski definition) is 1. The number of carbonyl (C=O) groups is 1. The minimum absolute atomic E-state index is 0.130. The van der Waals surface area contributed by atoms with Crippen molar-refractivity contribution in [3.63, 3.8) is 0 Å². The lowest BCUT2D eigenvalue weighted by atomic mass is 9.53. The Balaban J connectivity index is 0.00000117. The summed E-state index contributed by atoms with van der Waals surface area (Å²) in [7, 11) is 0. The smallest absolute Gasteiger partial charge is 0.231 e. The largest absolute Gasteiger partial charge is 0.454 e. The lowest BCUT2D eigenvalue weighted by Gasteiger charge is -2.53. The molecule has 1 N–H and O–H groups in total. The number of carbonyl (C=O) groups excluding carboxylic acids is 1. The second-order valence-corrected chi connectivity index (χ2v) is 10.6. The van der Waals surface area contributed by atoms with Gasteiger partial charge in [0.2, 0.25) is 6.79 Å². The third kappa shape index (κ3) is 3.40. The van der Waals surface area contributed by atoms with Crippen molar-refractivity contribution in [3.8, 4) is 11.5 Å². The Morgan fingerprint density at radius 1 is 1.09 bits per heavy atom. The van der Waals surface area contributed by atoms with Gasteiger partial charge in [0.1, 0.15) is 0 Å². The summed E-state index contributed by atoms with van der Waals surface area (Å²) < 4.78 is 11.3. The van der Waals surface area contributed by atoms with Gasteiger partial charge in [0.05, 0.1) is 5.60 Å². The molecule has 0 spiro atoms. The van der Waals surface area contributed by atoms with Crippen LogP contribution in [0.25, 0.3) is 0 Å². The Labute approximate surface area is 203 Å². The Morgan fingerprint density at radius 2 is 1.88 bits per heavy atom. The molecule has 2 fully saturated rings. The van der Waals surface area contributed by atoms with E-state index < -0.39 is 5.60 Å². The molecule has 4 nitrogen and oxygen atoms in total. The molecule has 4 heteroatoms. The van der Waals surface area contributed by atoms with E-state index in [4.69, 9.17) is 9.47 Å². The molecule has 1 aromatic carbocycles. The Kier molecular flexibility index (Phi) is 6.00. The maximum atomic E-state index is 12.4. The van der Waals surface area contributed by atoms with Gasteiger partial charge in [-0.25, -0.2) is 0 Å². The van der Waals surface area contributed by atoms with E-state index in [9.17, 15) is 9.90 Å². The number of hydrogen-bond acceptors (Lipinski definition) is 4. The van der Waals surface area contributed by atoms with Crippen LogP contribution in [0.15, 0.2) is 53.1 Å². The molecule has 34 heavy (non-hydrogen) atoms. The summed E-state index contributed by atoms with van der Waals surface area (Å²) in [4.78, 5) is 12.2. The van der Waals surface area contributed by atoms with Crippen LogP contribution in [-0.2, 0) is 4.79 Å². The topological polar surface area (TPSA) is 55.8 Å². The first-order valence-electron chi connectivity index (χ1n) is 13.2. The zero-order chi connectivity index (χ0) is 24.1. The molecule has 6 rings (SSSR count). The van der Waals surface area contributed by atoms with Gasteiger partial charge in [0, 0.05) is 17.8 Å². The molecule has 1 aliphatic heterocycles. The number of rotatable bonds is 2. The molecule has 2 saturated carbocycles. The maximum Gasteiger partial charge on any atom is 0.231 e. The van der Waals surface area contributed by atoms with Gasteiger partial charge in [0.15, 0.2) is 17.3 Å². The van der Waals surface area contributed by atoms with Crippen LogP contribution in [-0.4, -0.2) is 23.3 Å². The third-order valence-electron chi connectivity index (χ3n) is 9.10. The highest BCUT2D eigenvalue weighted by Crippen LogP contribution is 2.65. The molecule has 5 atom stereocenters. The average Bonchev–Trinajstić information content (AvgIpc) is 3.41. The van der Waals surface area contributed by atoms with Crippen LogP contribution in [0.2, 0.25) is 0 Å². The van der Waals surface area contributed by atoms with Gasteiger partial charge in [-0.1, -0.05) is 44.6 Å². The van der Waals surface area contributed by atoms with Crippen molar-refractivity contribution in [2.24, 2.45) is 17.3 Å². The first-order chi connectivity index (χ1) is 16.4. The summed E-state index contributed by atoms with van der Waals surface area (Å²) >= 11 is 0. The monoisotopic (exact) mass is 462 g/mol. The zero-order valence-electron chi connectivity index (χ0n) is 21.0. The first-order valence-corrected chi connectivity index (χ1v) is 13.2. The van der Waals surface area contributed by atoms with Gasteiger partial charge >= 0.3 is 0 Å². The molecule has 0 saturated heterocycles. The summed E-state index contributed by atoms with van der Waals surface area (Å²) in [5.74, 6) is 2.63. The normalized spacial score (nSPS) is 35.9. The van der Waals surface area contributed by atoms with Crippen LogP contribution in [0.4, 0.5) is 0 Å². The highest BCUT2D eigenvalue weighted by Gasteiger charge is 2.62. The van der Waals surface area contributed by atoms with Gasteiger partial charge in [-0.05, 0) is 92.2 Å². The summed E-state index contributed by atoms with van der Waals surface area (Å²) in [5.41, 5.74) is 4.40. The number of ketones is 1. The van der Waals surface area contributed by atoms with Crippen molar-refractivity contribution < 1.29 is 19.4 Å². The van der Waals surface area contributed by atoms with Crippen molar-refractivity contribution in [2.75, 3.05) is 6.79 Å². The molecule has 0 amide bonds. The number of allylic oxidation sites excluding steroid dienone is 5. The highest BCUT2D eigenvalue weighted by atomic mass is 16.7. The van der Waals surface area contributed by atoms with Gasteiger partial charge < -0.3 is 14.6 Å². The molecule has 182 valence electrons. The second kappa shape index (κ2) is 8.71. The van der Waals surface area contributed by atoms with E-state index in [0.717, 1.165) is 43.6 Å². The molecule has 0 aromatic heterocycles. The fourth-order valence-electron chi connectivity index (χ4n) is 7.59. The van der Waals surface area contributed by atoms with Crippen molar-refractivity contribution >= 4 is 5.78 Å². The standard InChI is InChI=1S/C28H32O4.C2H6/c1-3-11-27(2)12-10-23-21-7-4-17-13-19(29)6-8-20(17)26(21)22(15-28(23,27)30)18-5-9-24-25(14-18)32-16-31-24;1-2/h3,5,9,11,13-14,21-23,30H,4,6-8,10,12,15-16H2,1-2H3;1-2H3/t21?,22?,23?,27-,28-;/m1./s1. The summed E-state index contributed by atoms with van der Waals surface area (Å²) in [6, 6.07) is 6.29. The number of ether oxygens (including phenoxy) is 2. The van der Waals surface area contributed by atoms with Crippen molar-refractivity contribution in [1.82, 2.24) is 0 Å². The van der Waals surface area contributed by atoms with E-state index in [-0.39, 0.29) is 29.8 Å². The van der Waals surface area contributed by atoms with Gasteiger partial charge in [0.25, 0.3) is 0 Å². The van der Waals surface area contributed by atoms with Crippen LogP contribution >= 0.6 is 0 Å². The van der Waals surface area contributed by atoms with Gasteiger partial charge in [-0.15, -0.1) is 0 Å². The summed E-state index contributed by atoms with van der Waals surface area (Å²) in [6.45, 7) is 8.57. The molecule has 1 aromatic rings. The molecule has 5 aliphatic rings. The SMILES string of the molecule is CC.CC=C[C@]1(C)CCC2C3CCC4=CC(=O)CCC4=C3C(c3ccc4c(c3)OCO4)C[C@@]21O. The highest BCUT2D eigenvalue weighted by molar-refractivity contribution is 5.93. The Morgan fingerprint density at radius 3 is 2.68 bits per heavy atom. The van der Waals surface area contributed by atoms with Crippen molar-refractivity contribution in [1.29, 1.82) is 0 Å². The average molecular weight is 463 g/mol.